The Labute approximate surface area is 137 Å². The van der Waals surface area contributed by atoms with Gasteiger partial charge < -0.3 is 9.73 Å². The van der Waals surface area contributed by atoms with Gasteiger partial charge in [0.15, 0.2) is 0 Å². The third kappa shape index (κ3) is 3.20. The van der Waals surface area contributed by atoms with Crippen LogP contribution in [0.2, 0.25) is 5.02 Å². The third-order valence-electron chi connectivity index (χ3n) is 3.61. The molecular weight excluding hydrogens is 312 g/mol. The van der Waals surface area contributed by atoms with Crippen LogP contribution in [0.1, 0.15) is 16.7 Å². The molecule has 23 heavy (non-hydrogen) atoms. The van der Waals surface area contributed by atoms with Gasteiger partial charge in [-0.25, -0.2) is 4.79 Å². The van der Waals surface area contributed by atoms with Crippen LogP contribution in [0.3, 0.4) is 0 Å². The highest BCUT2D eigenvalue weighted by atomic mass is 35.5. The fourth-order valence-electron chi connectivity index (χ4n) is 2.35. The van der Waals surface area contributed by atoms with Gasteiger partial charge in [-0.1, -0.05) is 11.6 Å². The van der Waals surface area contributed by atoms with Crippen LogP contribution in [-0.4, -0.2) is 0 Å². The molecule has 3 rings (SSSR count). The standard InChI is InChI=1S/C18H13ClN2O2/c1-11-6-17-15(8-16(11)19)13(7-18(22)23-17)10-21-14-4-2-12(9-20)3-5-14/h2-8,21H,10H2,1H3. The highest BCUT2D eigenvalue weighted by molar-refractivity contribution is 6.32. The number of benzene rings is 2. The average molecular weight is 325 g/mol. The van der Waals surface area contributed by atoms with Crippen LogP contribution < -0.4 is 10.9 Å². The summed E-state index contributed by atoms with van der Waals surface area (Å²) in [5.41, 5.74) is 3.26. The molecule has 0 radical (unpaired) electrons. The maximum atomic E-state index is 11.7. The van der Waals surface area contributed by atoms with Gasteiger partial charge in [-0.05, 0) is 54.4 Å². The van der Waals surface area contributed by atoms with E-state index in [1.165, 1.54) is 6.07 Å². The summed E-state index contributed by atoms with van der Waals surface area (Å²) in [5, 5.41) is 13.5. The minimum absolute atomic E-state index is 0.393. The lowest BCUT2D eigenvalue weighted by Crippen LogP contribution is -2.06. The van der Waals surface area contributed by atoms with Crippen LogP contribution in [0.25, 0.3) is 11.0 Å². The van der Waals surface area contributed by atoms with Crippen molar-refractivity contribution in [2.24, 2.45) is 0 Å². The zero-order valence-corrected chi connectivity index (χ0v) is 13.1. The normalized spacial score (nSPS) is 10.5. The minimum Gasteiger partial charge on any atom is -0.423 e. The molecule has 0 fully saturated rings. The molecule has 1 aromatic heterocycles. The maximum Gasteiger partial charge on any atom is 0.336 e. The summed E-state index contributed by atoms with van der Waals surface area (Å²) in [6.07, 6.45) is 0. The van der Waals surface area contributed by atoms with E-state index in [0.717, 1.165) is 22.2 Å². The number of nitrogens with one attached hydrogen (secondary N) is 1. The highest BCUT2D eigenvalue weighted by Gasteiger charge is 2.08. The lowest BCUT2D eigenvalue weighted by atomic mass is 10.1. The van der Waals surface area contributed by atoms with Crippen molar-refractivity contribution in [2.75, 3.05) is 5.32 Å². The Hall–Kier alpha value is -2.77. The zero-order valence-electron chi connectivity index (χ0n) is 12.4. The summed E-state index contributed by atoms with van der Waals surface area (Å²) in [5.74, 6) is 0. The predicted molar refractivity (Wildman–Crippen MR) is 90.7 cm³/mol. The number of halogens is 1. The van der Waals surface area contributed by atoms with Crippen molar-refractivity contribution in [3.8, 4) is 6.07 Å². The first-order chi connectivity index (χ1) is 11.1. The molecule has 0 bridgehead atoms. The van der Waals surface area contributed by atoms with Crippen LogP contribution in [0.15, 0.2) is 51.7 Å². The van der Waals surface area contributed by atoms with E-state index in [2.05, 4.69) is 11.4 Å². The maximum absolute atomic E-state index is 11.7. The summed E-state index contributed by atoms with van der Waals surface area (Å²) >= 11 is 6.18. The van der Waals surface area contributed by atoms with Crippen molar-refractivity contribution in [1.82, 2.24) is 0 Å². The Bertz CT molecular complexity index is 969. The fourth-order valence-corrected chi connectivity index (χ4v) is 2.52. The van der Waals surface area contributed by atoms with Gasteiger partial charge in [-0.2, -0.15) is 5.26 Å². The van der Waals surface area contributed by atoms with Crippen molar-refractivity contribution >= 4 is 28.3 Å². The summed E-state index contributed by atoms with van der Waals surface area (Å²) in [6.45, 7) is 2.32. The van der Waals surface area contributed by atoms with E-state index in [9.17, 15) is 4.79 Å². The monoisotopic (exact) mass is 324 g/mol. The Morgan fingerprint density at radius 3 is 2.65 bits per heavy atom. The average Bonchev–Trinajstić information content (AvgIpc) is 2.55. The Balaban J connectivity index is 1.94. The van der Waals surface area contributed by atoms with Crippen LogP contribution >= 0.6 is 11.6 Å². The molecule has 0 unspecified atom stereocenters. The summed E-state index contributed by atoms with van der Waals surface area (Å²) in [6, 6.07) is 14.2. The number of fused-ring (bicyclic) bond motifs is 1. The number of hydrogen-bond donors (Lipinski definition) is 1. The lowest BCUT2D eigenvalue weighted by molar-refractivity contribution is 0.559. The topological polar surface area (TPSA) is 66.0 Å². The molecule has 0 aliphatic carbocycles. The molecule has 1 heterocycles. The van der Waals surface area contributed by atoms with Crippen molar-refractivity contribution in [1.29, 1.82) is 5.26 Å². The number of nitriles is 1. The second kappa shape index (κ2) is 6.15. The second-order valence-electron chi connectivity index (χ2n) is 5.23. The molecule has 0 spiro atoms. The molecule has 0 saturated carbocycles. The van der Waals surface area contributed by atoms with E-state index < -0.39 is 5.63 Å². The molecule has 0 aliphatic rings. The quantitative estimate of drug-likeness (QED) is 0.732. The molecule has 1 N–H and O–H groups in total. The number of hydrogen-bond acceptors (Lipinski definition) is 4. The van der Waals surface area contributed by atoms with Crippen LogP contribution in [0.4, 0.5) is 5.69 Å². The van der Waals surface area contributed by atoms with Crippen molar-refractivity contribution in [3.63, 3.8) is 0 Å². The molecule has 0 saturated heterocycles. The first-order valence-corrected chi connectivity index (χ1v) is 7.41. The third-order valence-corrected chi connectivity index (χ3v) is 4.01. The fraction of sp³-hybridized carbons (Fsp3) is 0.111. The summed E-state index contributed by atoms with van der Waals surface area (Å²) < 4.78 is 5.24. The Morgan fingerprint density at radius 1 is 1.22 bits per heavy atom. The zero-order chi connectivity index (χ0) is 16.4. The van der Waals surface area contributed by atoms with Gasteiger partial charge in [0.2, 0.25) is 0 Å². The molecule has 5 heteroatoms. The summed E-state index contributed by atoms with van der Waals surface area (Å²) in [7, 11) is 0. The minimum atomic E-state index is -0.393. The van der Waals surface area contributed by atoms with Gasteiger partial charge in [0.1, 0.15) is 5.58 Å². The SMILES string of the molecule is Cc1cc2oc(=O)cc(CNc3ccc(C#N)cc3)c2cc1Cl. The molecule has 2 aromatic carbocycles. The first-order valence-electron chi connectivity index (χ1n) is 7.04. The largest absolute Gasteiger partial charge is 0.423 e. The van der Waals surface area contributed by atoms with Crippen molar-refractivity contribution in [2.45, 2.75) is 13.5 Å². The van der Waals surface area contributed by atoms with Gasteiger partial charge in [0.05, 0.1) is 11.6 Å². The van der Waals surface area contributed by atoms with E-state index in [1.807, 2.05) is 25.1 Å². The van der Waals surface area contributed by atoms with Crippen LogP contribution in [0, 0.1) is 18.3 Å². The van der Waals surface area contributed by atoms with Crippen LogP contribution in [0.5, 0.6) is 0 Å². The number of rotatable bonds is 3. The van der Waals surface area contributed by atoms with E-state index in [1.54, 1.807) is 18.2 Å². The molecule has 3 aromatic rings. The van der Waals surface area contributed by atoms with Crippen LogP contribution in [-0.2, 0) is 6.54 Å². The molecule has 0 amide bonds. The van der Waals surface area contributed by atoms with E-state index in [4.69, 9.17) is 21.3 Å². The van der Waals surface area contributed by atoms with Crippen molar-refractivity contribution < 1.29 is 4.42 Å². The first kappa shape index (κ1) is 15.1. The Kier molecular flexibility index (Phi) is 4.05. The lowest BCUT2D eigenvalue weighted by Gasteiger charge is -2.10. The van der Waals surface area contributed by atoms with Gasteiger partial charge in [0, 0.05) is 28.7 Å². The molecular formula is C18H13ClN2O2. The van der Waals surface area contributed by atoms with Gasteiger partial charge >= 0.3 is 5.63 Å². The predicted octanol–water partition coefficient (Wildman–Crippen LogP) is 4.24. The second-order valence-corrected chi connectivity index (χ2v) is 5.64. The highest BCUT2D eigenvalue weighted by Crippen LogP contribution is 2.25. The number of nitrogens with zero attached hydrogens (tertiary/aromatic N) is 1. The Morgan fingerprint density at radius 2 is 1.96 bits per heavy atom. The van der Waals surface area contributed by atoms with E-state index in [-0.39, 0.29) is 0 Å². The van der Waals surface area contributed by atoms with Gasteiger partial charge in [-0.3, -0.25) is 0 Å². The molecule has 0 atom stereocenters. The van der Waals surface area contributed by atoms with E-state index >= 15 is 0 Å². The molecule has 114 valence electrons. The van der Waals surface area contributed by atoms with Crippen molar-refractivity contribution in [3.05, 3.63) is 74.6 Å². The van der Waals surface area contributed by atoms with Gasteiger partial charge in [0.25, 0.3) is 0 Å². The summed E-state index contributed by atoms with van der Waals surface area (Å²) in [4.78, 5) is 11.7. The molecule has 4 nitrogen and oxygen atoms in total. The molecule has 0 aliphatic heterocycles. The number of anilines is 1. The number of aryl methyl sites for hydroxylation is 1. The smallest absolute Gasteiger partial charge is 0.336 e. The van der Waals surface area contributed by atoms with Gasteiger partial charge in [-0.15, -0.1) is 0 Å². The van der Waals surface area contributed by atoms with E-state index in [0.29, 0.717) is 22.7 Å².